The van der Waals surface area contributed by atoms with Gasteiger partial charge in [0.2, 0.25) is 0 Å². The molecule has 0 aliphatic rings. The summed E-state index contributed by atoms with van der Waals surface area (Å²) in [7, 11) is 0. The average molecular weight is 330 g/mol. The Hall–Kier alpha value is -3.52. The van der Waals surface area contributed by atoms with Crippen LogP contribution < -0.4 is 10.4 Å². The summed E-state index contributed by atoms with van der Waals surface area (Å²) in [6.07, 6.45) is 3.78. The second kappa shape index (κ2) is 5.84. The van der Waals surface area contributed by atoms with Crippen molar-refractivity contribution in [3.8, 4) is 11.8 Å². The lowest BCUT2D eigenvalue weighted by atomic mass is 10.1. The van der Waals surface area contributed by atoms with Gasteiger partial charge in [-0.2, -0.15) is 5.26 Å². The van der Waals surface area contributed by atoms with Crippen molar-refractivity contribution < 1.29 is 9.15 Å². The van der Waals surface area contributed by atoms with E-state index in [1.165, 1.54) is 6.07 Å². The zero-order chi connectivity index (χ0) is 17.4. The fourth-order valence-electron chi connectivity index (χ4n) is 2.97. The first-order chi connectivity index (χ1) is 12.2. The minimum absolute atomic E-state index is 0.256. The van der Waals surface area contributed by atoms with Gasteiger partial charge in [0.15, 0.2) is 0 Å². The number of nitrogens with zero attached hydrogens (tertiary/aromatic N) is 2. The molecule has 0 aliphatic carbocycles. The first-order valence-corrected chi connectivity index (χ1v) is 7.82. The Morgan fingerprint density at radius 1 is 1.24 bits per heavy atom. The number of ether oxygens (including phenoxy) is 1. The van der Waals surface area contributed by atoms with Gasteiger partial charge in [0.05, 0.1) is 11.1 Å². The summed E-state index contributed by atoms with van der Waals surface area (Å²) in [5.41, 5.74) is 3.23. The molecule has 0 bridgehead atoms. The van der Waals surface area contributed by atoms with Crippen LogP contribution in [0.4, 0.5) is 0 Å². The molecule has 0 radical (unpaired) electrons. The van der Waals surface area contributed by atoms with E-state index in [0.717, 1.165) is 22.0 Å². The molecule has 5 nitrogen and oxygen atoms in total. The molecule has 122 valence electrons. The molecule has 0 atom stereocenters. The number of nitriles is 1. The van der Waals surface area contributed by atoms with E-state index in [2.05, 4.69) is 6.07 Å². The van der Waals surface area contributed by atoms with Crippen LogP contribution in [0.15, 0.2) is 64.1 Å². The molecule has 0 spiro atoms. The second-order valence-electron chi connectivity index (χ2n) is 5.83. The van der Waals surface area contributed by atoms with Gasteiger partial charge < -0.3 is 13.6 Å². The number of hydrogen-bond donors (Lipinski definition) is 0. The number of aryl methyl sites for hydroxylation is 1. The molecule has 0 fully saturated rings. The number of rotatable bonds is 3. The van der Waals surface area contributed by atoms with Crippen molar-refractivity contribution in [1.29, 1.82) is 5.26 Å². The van der Waals surface area contributed by atoms with Gasteiger partial charge in [0.1, 0.15) is 24.0 Å². The van der Waals surface area contributed by atoms with Crippen LogP contribution in [0.2, 0.25) is 0 Å². The third kappa shape index (κ3) is 2.64. The Bertz CT molecular complexity index is 1200. The van der Waals surface area contributed by atoms with E-state index in [-0.39, 0.29) is 12.2 Å². The number of pyridine rings is 1. The molecule has 0 saturated heterocycles. The van der Waals surface area contributed by atoms with Crippen LogP contribution in [0.3, 0.4) is 0 Å². The summed E-state index contributed by atoms with van der Waals surface area (Å²) >= 11 is 0. The fraction of sp³-hybridized carbons (Fsp3) is 0.100. The topological polar surface area (TPSA) is 67.6 Å². The van der Waals surface area contributed by atoms with Crippen LogP contribution in [0.1, 0.15) is 16.7 Å². The van der Waals surface area contributed by atoms with Crippen LogP contribution in [0.25, 0.3) is 16.5 Å². The molecule has 0 saturated carbocycles. The molecule has 3 heterocycles. The van der Waals surface area contributed by atoms with E-state index < -0.39 is 0 Å². The van der Waals surface area contributed by atoms with E-state index in [1.54, 1.807) is 6.07 Å². The van der Waals surface area contributed by atoms with Crippen molar-refractivity contribution in [1.82, 2.24) is 4.40 Å². The number of fused-ring (bicyclic) bond motifs is 2. The average Bonchev–Trinajstić information content (AvgIpc) is 2.97. The molecule has 5 heteroatoms. The standard InChI is InChI=1S/C20H14N2O3/c1-13-8-20(23)25-19-9-15(5-6-16(13)19)24-12-14-11-22-7-3-2-4-18(22)17(14)10-21/h2-9,11H,12H2,1H3. The summed E-state index contributed by atoms with van der Waals surface area (Å²) in [5, 5.41) is 10.3. The molecule has 4 rings (SSSR count). The first-order valence-electron chi connectivity index (χ1n) is 7.82. The lowest BCUT2D eigenvalue weighted by Crippen LogP contribution is -1.99. The summed E-state index contributed by atoms with van der Waals surface area (Å²) < 4.78 is 13.0. The predicted octanol–water partition coefficient (Wildman–Crippen LogP) is 3.80. The molecular formula is C20H14N2O3. The zero-order valence-corrected chi connectivity index (χ0v) is 13.5. The van der Waals surface area contributed by atoms with Crippen LogP contribution in [-0.2, 0) is 6.61 Å². The van der Waals surface area contributed by atoms with Gasteiger partial charge in [-0.3, -0.25) is 0 Å². The highest BCUT2D eigenvalue weighted by Crippen LogP contribution is 2.24. The highest BCUT2D eigenvalue weighted by molar-refractivity contribution is 5.81. The highest BCUT2D eigenvalue weighted by Gasteiger charge is 2.11. The van der Waals surface area contributed by atoms with E-state index in [9.17, 15) is 10.1 Å². The quantitative estimate of drug-likeness (QED) is 0.536. The smallest absolute Gasteiger partial charge is 0.336 e. The highest BCUT2D eigenvalue weighted by atomic mass is 16.5. The maximum atomic E-state index is 11.5. The molecule has 25 heavy (non-hydrogen) atoms. The number of aromatic nitrogens is 1. The van der Waals surface area contributed by atoms with E-state index in [1.807, 2.05) is 54.0 Å². The third-order valence-corrected chi connectivity index (χ3v) is 4.19. The van der Waals surface area contributed by atoms with Gasteiger partial charge in [0.25, 0.3) is 0 Å². The van der Waals surface area contributed by atoms with Crippen molar-refractivity contribution in [3.63, 3.8) is 0 Å². The molecule has 0 aliphatic heterocycles. The van der Waals surface area contributed by atoms with Gasteiger partial charge in [-0.1, -0.05) is 6.07 Å². The van der Waals surface area contributed by atoms with Crippen LogP contribution in [0, 0.1) is 18.3 Å². The normalized spacial score (nSPS) is 10.9. The molecule has 0 N–H and O–H groups in total. The van der Waals surface area contributed by atoms with E-state index >= 15 is 0 Å². The molecule has 0 amide bonds. The van der Waals surface area contributed by atoms with Crippen molar-refractivity contribution in [2.45, 2.75) is 13.5 Å². The van der Waals surface area contributed by atoms with Crippen LogP contribution in [0.5, 0.6) is 5.75 Å². The van der Waals surface area contributed by atoms with Crippen LogP contribution >= 0.6 is 0 Å². The van der Waals surface area contributed by atoms with Gasteiger partial charge in [-0.05, 0) is 36.8 Å². The van der Waals surface area contributed by atoms with Crippen molar-refractivity contribution >= 4 is 16.5 Å². The van der Waals surface area contributed by atoms with Gasteiger partial charge in [0, 0.05) is 35.5 Å². The molecular weight excluding hydrogens is 316 g/mol. The maximum absolute atomic E-state index is 11.5. The van der Waals surface area contributed by atoms with Gasteiger partial charge in [-0.15, -0.1) is 0 Å². The monoisotopic (exact) mass is 330 g/mol. The Morgan fingerprint density at radius 3 is 2.96 bits per heavy atom. The summed E-state index contributed by atoms with van der Waals surface area (Å²) in [6.45, 7) is 2.12. The van der Waals surface area contributed by atoms with Crippen molar-refractivity contribution in [2.75, 3.05) is 0 Å². The molecule has 3 aromatic heterocycles. The largest absolute Gasteiger partial charge is 0.489 e. The maximum Gasteiger partial charge on any atom is 0.336 e. The lowest BCUT2D eigenvalue weighted by molar-refractivity contribution is 0.306. The SMILES string of the molecule is Cc1cc(=O)oc2cc(OCc3cn4ccccc4c3C#N)ccc12. The minimum atomic E-state index is -0.382. The first kappa shape index (κ1) is 15.0. The minimum Gasteiger partial charge on any atom is -0.489 e. The zero-order valence-electron chi connectivity index (χ0n) is 13.5. The Balaban J connectivity index is 1.67. The Morgan fingerprint density at radius 2 is 2.12 bits per heavy atom. The summed E-state index contributed by atoms with van der Waals surface area (Å²) in [6, 6.07) is 14.8. The number of benzene rings is 1. The van der Waals surface area contributed by atoms with Crippen molar-refractivity contribution in [2.24, 2.45) is 0 Å². The summed E-state index contributed by atoms with van der Waals surface area (Å²) in [5.74, 6) is 0.584. The summed E-state index contributed by atoms with van der Waals surface area (Å²) in [4.78, 5) is 11.5. The third-order valence-electron chi connectivity index (χ3n) is 4.19. The lowest BCUT2D eigenvalue weighted by Gasteiger charge is -2.07. The Labute approximate surface area is 143 Å². The van der Waals surface area contributed by atoms with Gasteiger partial charge in [-0.25, -0.2) is 4.79 Å². The Kier molecular flexibility index (Phi) is 3.51. The molecule has 1 aromatic carbocycles. The van der Waals surface area contributed by atoms with Crippen LogP contribution in [-0.4, -0.2) is 4.40 Å². The number of hydrogen-bond acceptors (Lipinski definition) is 4. The van der Waals surface area contributed by atoms with E-state index in [4.69, 9.17) is 9.15 Å². The molecule has 0 unspecified atom stereocenters. The predicted molar refractivity (Wildman–Crippen MR) is 93.7 cm³/mol. The van der Waals surface area contributed by atoms with E-state index in [0.29, 0.717) is 16.9 Å². The molecule has 4 aromatic rings. The van der Waals surface area contributed by atoms with Gasteiger partial charge >= 0.3 is 5.63 Å². The fourth-order valence-corrected chi connectivity index (χ4v) is 2.97. The van der Waals surface area contributed by atoms with Crippen molar-refractivity contribution in [3.05, 3.63) is 82.0 Å². The second-order valence-corrected chi connectivity index (χ2v) is 5.83.